The van der Waals surface area contributed by atoms with Gasteiger partial charge in [0.1, 0.15) is 5.52 Å². The average Bonchev–Trinajstić information content (AvgIpc) is 2.71. The van der Waals surface area contributed by atoms with Gasteiger partial charge in [0.05, 0.1) is 11.1 Å². The van der Waals surface area contributed by atoms with E-state index in [9.17, 15) is 9.59 Å². The first-order valence-electron chi connectivity index (χ1n) is 8.36. The first-order valence-corrected chi connectivity index (χ1v) is 8.36. The number of nitrogens with zero attached hydrogens (tertiary/aromatic N) is 2. The van der Waals surface area contributed by atoms with Crippen molar-refractivity contribution < 1.29 is 14.3 Å². The molecule has 27 heavy (non-hydrogen) atoms. The fourth-order valence-corrected chi connectivity index (χ4v) is 2.83. The summed E-state index contributed by atoms with van der Waals surface area (Å²) in [5.41, 5.74) is 1.96. The van der Waals surface area contributed by atoms with Crippen LogP contribution in [0.1, 0.15) is 10.4 Å². The van der Waals surface area contributed by atoms with Gasteiger partial charge in [0.15, 0.2) is 6.61 Å². The molecule has 0 bridgehead atoms. The Labute approximate surface area is 154 Å². The molecule has 0 saturated carbocycles. The van der Waals surface area contributed by atoms with Gasteiger partial charge in [0, 0.05) is 18.1 Å². The number of amides is 1. The van der Waals surface area contributed by atoms with Crippen LogP contribution in [0.15, 0.2) is 73.1 Å². The van der Waals surface area contributed by atoms with Gasteiger partial charge in [-0.05, 0) is 35.0 Å². The smallest absolute Gasteiger partial charge is 0.340 e. The van der Waals surface area contributed by atoms with E-state index < -0.39 is 11.9 Å². The summed E-state index contributed by atoms with van der Waals surface area (Å²) in [7, 11) is 0. The molecule has 0 unspecified atom stereocenters. The number of carbonyl (C=O) groups excluding carboxylic acids is 2. The lowest BCUT2D eigenvalue weighted by molar-refractivity contribution is -0.119. The normalized spacial score (nSPS) is 10.7. The molecule has 4 aromatic rings. The van der Waals surface area contributed by atoms with E-state index in [0.717, 1.165) is 10.8 Å². The van der Waals surface area contributed by atoms with E-state index in [4.69, 9.17) is 4.74 Å². The summed E-state index contributed by atoms with van der Waals surface area (Å²) < 4.78 is 5.14. The van der Waals surface area contributed by atoms with Gasteiger partial charge < -0.3 is 10.1 Å². The zero-order chi connectivity index (χ0) is 18.6. The lowest BCUT2D eigenvalue weighted by Crippen LogP contribution is -2.21. The van der Waals surface area contributed by atoms with Crippen LogP contribution in [0, 0.1) is 0 Å². The van der Waals surface area contributed by atoms with Crippen LogP contribution in [-0.2, 0) is 9.53 Å². The standard InChI is InChI=1S/C21H15N3O3/c25-19(24-16-9-8-14-4-1-2-5-15(14)12-16)13-27-21(26)17-6-3-7-18-20(17)23-11-10-22-18/h1-12H,13H2,(H,24,25). The molecule has 0 aliphatic carbocycles. The molecule has 0 aliphatic heterocycles. The number of fused-ring (bicyclic) bond motifs is 2. The van der Waals surface area contributed by atoms with Crippen molar-refractivity contribution in [3.8, 4) is 0 Å². The number of hydrogen-bond donors (Lipinski definition) is 1. The van der Waals surface area contributed by atoms with Crippen LogP contribution in [0.5, 0.6) is 0 Å². The third-order valence-corrected chi connectivity index (χ3v) is 4.09. The molecule has 0 fully saturated rings. The van der Waals surface area contributed by atoms with Gasteiger partial charge in [0.2, 0.25) is 0 Å². The molecule has 1 heterocycles. The molecular weight excluding hydrogens is 342 g/mol. The fraction of sp³-hybridized carbons (Fsp3) is 0.0476. The van der Waals surface area contributed by atoms with Crippen molar-refractivity contribution in [1.29, 1.82) is 0 Å². The topological polar surface area (TPSA) is 81.2 Å². The second-order valence-electron chi connectivity index (χ2n) is 5.92. The lowest BCUT2D eigenvalue weighted by Gasteiger charge is -2.08. The van der Waals surface area contributed by atoms with Crippen molar-refractivity contribution in [1.82, 2.24) is 9.97 Å². The third-order valence-electron chi connectivity index (χ3n) is 4.09. The van der Waals surface area contributed by atoms with Crippen molar-refractivity contribution in [2.45, 2.75) is 0 Å². The molecular formula is C21H15N3O3. The van der Waals surface area contributed by atoms with Crippen LogP contribution < -0.4 is 5.32 Å². The number of benzene rings is 3. The van der Waals surface area contributed by atoms with E-state index >= 15 is 0 Å². The number of ether oxygens (including phenoxy) is 1. The molecule has 0 aliphatic rings. The zero-order valence-corrected chi connectivity index (χ0v) is 14.3. The summed E-state index contributed by atoms with van der Waals surface area (Å²) in [5, 5.41) is 4.83. The van der Waals surface area contributed by atoms with Crippen LogP contribution in [0.25, 0.3) is 21.8 Å². The van der Waals surface area contributed by atoms with Gasteiger partial charge in [0.25, 0.3) is 5.91 Å². The molecule has 0 radical (unpaired) electrons. The zero-order valence-electron chi connectivity index (χ0n) is 14.3. The number of carbonyl (C=O) groups is 2. The number of aromatic nitrogens is 2. The van der Waals surface area contributed by atoms with Crippen molar-refractivity contribution >= 4 is 39.4 Å². The number of nitrogens with one attached hydrogen (secondary N) is 1. The van der Waals surface area contributed by atoms with Crippen molar-refractivity contribution in [3.63, 3.8) is 0 Å². The average molecular weight is 357 g/mol. The van der Waals surface area contributed by atoms with Gasteiger partial charge in [-0.2, -0.15) is 0 Å². The van der Waals surface area contributed by atoms with Crippen molar-refractivity contribution in [2.24, 2.45) is 0 Å². The Morgan fingerprint density at radius 1 is 0.889 bits per heavy atom. The second kappa shape index (κ2) is 7.21. The molecule has 1 N–H and O–H groups in total. The minimum atomic E-state index is -0.616. The van der Waals surface area contributed by atoms with E-state index in [-0.39, 0.29) is 12.2 Å². The molecule has 1 amide bonds. The minimum Gasteiger partial charge on any atom is -0.452 e. The first kappa shape index (κ1) is 16.7. The number of rotatable bonds is 4. The molecule has 132 valence electrons. The maximum absolute atomic E-state index is 12.3. The first-order chi connectivity index (χ1) is 13.2. The highest BCUT2D eigenvalue weighted by Crippen LogP contribution is 2.19. The molecule has 0 atom stereocenters. The monoisotopic (exact) mass is 357 g/mol. The fourth-order valence-electron chi connectivity index (χ4n) is 2.83. The van der Waals surface area contributed by atoms with Gasteiger partial charge >= 0.3 is 5.97 Å². The van der Waals surface area contributed by atoms with E-state index in [0.29, 0.717) is 16.7 Å². The Bertz CT molecular complexity index is 1150. The predicted molar refractivity (Wildman–Crippen MR) is 102 cm³/mol. The molecule has 1 aromatic heterocycles. The molecule has 4 rings (SSSR count). The molecule has 0 saturated heterocycles. The van der Waals surface area contributed by atoms with E-state index in [1.54, 1.807) is 24.4 Å². The van der Waals surface area contributed by atoms with Gasteiger partial charge in [-0.1, -0.05) is 36.4 Å². The van der Waals surface area contributed by atoms with Crippen LogP contribution >= 0.6 is 0 Å². The molecule has 6 nitrogen and oxygen atoms in total. The number of para-hydroxylation sites is 1. The second-order valence-corrected chi connectivity index (χ2v) is 5.92. The Morgan fingerprint density at radius 2 is 1.70 bits per heavy atom. The van der Waals surface area contributed by atoms with Crippen LogP contribution in [0.4, 0.5) is 5.69 Å². The maximum atomic E-state index is 12.3. The van der Waals surface area contributed by atoms with Crippen molar-refractivity contribution in [2.75, 3.05) is 11.9 Å². The quantitative estimate of drug-likeness (QED) is 0.565. The van der Waals surface area contributed by atoms with E-state index in [1.807, 2.05) is 42.5 Å². The molecule has 0 spiro atoms. The summed E-state index contributed by atoms with van der Waals surface area (Å²) >= 11 is 0. The van der Waals surface area contributed by atoms with E-state index in [2.05, 4.69) is 15.3 Å². The summed E-state index contributed by atoms with van der Waals surface area (Å²) in [6, 6.07) is 18.5. The highest BCUT2D eigenvalue weighted by atomic mass is 16.5. The lowest BCUT2D eigenvalue weighted by atomic mass is 10.1. The maximum Gasteiger partial charge on any atom is 0.340 e. The largest absolute Gasteiger partial charge is 0.452 e. The van der Waals surface area contributed by atoms with Crippen LogP contribution in [-0.4, -0.2) is 28.5 Å². The Balaban J connectivity index is 1.43. The Kier molecular flexibility index (Phi) is 4.45. The number of anilines is 1. The van der Waals surface area contributed by atoms with Crippen LogP contribution in [0.3, 0.4) is 0 Å². The van der Waals surface area contributed by atoms with Gasteiger partial charge in [-0.15, -0.1) is 0 Å². The number of esters is 1. The minimum absolute atomic E-state index is 0.277. The van der Waals surface area contributed by atoms with Crippen LogP contribution in [0.2, 0.25) is 0 Å². The highest BCUT2D eigenvalue weighted by molar-refractivity contribution is 6.03. The summed E-state index contributed by atoms with van der Waals surface area (Å²) in [5.74, 6) is -1.03. The molecule has 3 aromatic carbocycles. The number of hydrogen-bond acceptors (Lipinski definition) is 5. The predicted octanol–water partition coefficient (Wildman–Crippen LogP) is 3.58. The SMILES string of the molecule is O=C(COC(=O)c1cccc2nccnc12)Nc1ccc2ccccc2c1. The third kappa shape index (κ3) is 3.59. The van der Waals surface area contributed by atoms with Crippen molar-refractivity contribution in [3.05, 3.63) is 78.6 Å². The Morgan fingerprint density at radius 3 is 2.59 bits per heavy atom. The van der Waals surface area contributed by atoms with E-state index in [1.165, 1.54) is 6.20 Å². The Hall–Kier alpha value is -3.80. The highest BCUT2D eigenvalue weighted by Gasteiger charge is 2.14. The molecule has 6 heteroatoms. The summed E-state index contributed by atoms with van der Waals surface area (Å²) in [4.78, 5) is 32.8. The summed E-state index contributed by atoms with van der Waals surface area (Å²) in [6.45, 7) is -0.387. The summed E-state index contributed by atoms with van der Waals surface area (Å²) in [6.07, 6.45) is 3.06. The van der Waals surface area contributed by atoms with Gasteiger partial charge in [-0.3, -0.25) is 14.8 Å². The van der Waals surface area contributed by atoms with Gasteiger partial charge in [-0.25, -0.2) is 4.79 Å².